The van der Waals surface area contributed by atoms with Crippen LogP contribution >= 0.6 is 0 Å². The van der Waals surface area contributed by atoms with E-state index < -0.39 is 10.0 Å². The zero-order valence-electron chi connectivity index (χ0n) is 19.2. The number of hydrogen-bond acceptors (Lipinski definition) is 4. The summed E-state index contributed by atoms with van der Waals surface area (Å²) in [4.78, 5) is 12.1. The molecule has 31 heavy (non-hydrogen) atoms. The van der Waals surface area contributed by atoms with Crippen LogP contribution in [0, 0.1) is 20.8 Å². The van der Waals surface area contributed by atoms with Crippen molar-refractivity contribution in [1.29, 1.82) is 0 Å². The summed E-state index contributed by atoms with van der Waals surface area (Å²) in [6.07, 6.45) is 2.87. The molecule has 1 amide bonds. The molecule has 0 aliphatic rings. The Labute approximate surface area is 186 Å². The highest BCUT2D eigenvalue weighted by atomic mass is 32.2. The lowest BCUT2D eigenvalue weighted by Crippen LogP contribution is -2.33. The first-order chi connectivity index (χ1) is 14.6. The SMILES string of the molecule is CCc1ccc(OCCNC(=O)CCCN(c2c(C)cc(C)cc2C)S(C)(=O)=O)cc1. The Kier molecular flexibility index (Phi) is 8.92. The van der Waals surface area contributed by atoms with E-state index in [0.29, 0.717) is 25.3 Å². The van der Waals surface area contributed by atoms with Gasteiger partial charge in [0.05, 0.1) is 18.5 Å². The first kappa shape index (κ1) is 24.7. The number of anilines is 1. The fourth-order valence-corrected chi connectivity index (χ4v) is 4.74. The van der Waals surface area contributed by atoms with Crippen molar-refractivity contribution in [3.05, 3.63) is 58.7 Å². The van der Waals surface area contributed by atoms with Gasteiger partial charge in [0.15, 0.2) is 0 Å². The van der Waals surface area contributed by atoms with Gasteiger partial charge in [-0.05, 0) is 62.4 Å². The fourth-order valence-electron chi connectivity index (χ4n) is 3.66. The summed E-state index contributed by atoms with van der Waals surface area (Å²) < 4.78 is 31.8. The molecule has 0 radical (unpaired) electrons. The number of aryl methyl sites for hydroxylation is 4. The summed E-state index contributed by atoms with van der Waals surface area (Å²) in [7, 11) is -3.45. The summed E-state index contributed by atoms with van der Waals surface area (Å²) in [6, 6.07) is 11.9. The van der Waals surface area contributed by atoms with Crippen LogP contribution in [0.3, 0.4) is 0 Å². The van der Waals surface area contributed by atoms with Crippen molar-refractivity contribution < 1.29 is 17.9 Å². The monoisotopic (exact) mass is 446 g/mol. The van der Waals surface area contributed by atoms with Gasteiger partial charge in [-0.2, -0.15) is 0 Å². The van der Waals surface area contributed by atoms with Gasteiger partial charge in [-0.25, -0.2) is 8.42 Å². The molecule has 0 saturated carbocycles. The highest BCUT2D eigenvalue weighted by Crippen LogP contribution is 2.28. The molecule has 6 nitrogen and oxygen atoms in total. The number of carbonyl (C=O) groups is 1. The number of carbonyl (C=O) groups excluding carboxylic acids is 1. The molecule has 0 atom stereocenters. The molecule has 1 N–H and O–H groups in total. The lowest BCUT2D eigenvalue weighted by molar-refractivity contribution is -0.121. The number of nitrogens with one attached hydrogen (secondary N) is 1. The number of amides is 1. The molecule has 2 rings (SSSR count). The smallest absolute Gasteiger partial charge is 0.232 e. The lowest BCUT2D eigenvalue weighted by Gasteiger charge is -2.26. The number of nitrogens with zero attached hydrogens (tertiary/aromatic N) is 1. The van der Waals surface area contributed by atoms with Crippen LogP contribution in [0.4, 0.5) is 5.69 Å². The van der Waals surface area contributed by atoms with Gasteiger partial charge in [-0.3, -0.25) is 9.10 Å². The maximum Gasteiger partial charge on any atom is 0.232 e. The van der Waals surface area contributed by atoms with Crippen LogP contribution in [0.2, 0.25) is 0 Å². The Morgan fingerprint density at radius 2 is 1.68 bits per heavy atom. The van der Waals surface area contributed by atoms with E-state index in [-0.39, 0.29) is 18.9 Å². The number of ether oxygens (including phenoxy) is 1. The summed E-state index contributed by atoms with van der Waals surface area (Å²) in [5.74, 6) is 0.662. The summed E-state index contributed by atoms with van der Waals surface area (Å²) >= 11 is 0. The van der Waals surface area contributed by atoms with Gasteiger partial charge in [-0.15, -0.1) is 0 Å². The maximum atomic E-state index is 12.4. The molecule has 0 aliphatic heterocycles. The van der Waals surface area contributed by atoms with Gasteiger partial charge < -0.3 is 10.1 Å². The van der Waals surface area contributed by atoms with Crippen molar-refractivity contribution in [1.82, 2.24) is 5.32 Å². The predicted molar refractivity (Wildman–Crippen MR) is 126 cm³/mol. The van der Waals surface area contributed by atoms with Crippen molar-refractivity contribution in [2.45, 2.75) is 47.0 Å². The molecular formula is C24H34N2O4S. The Balaban J connectivity index is 1.82. The lowest BCUT2D eigenvalue weighted by atomic mass is 10.0. The molecule has 0 bridgehead atoms. The predicted octanol–water partition coefficient (Wildman–Crippen LogP) is 3.92. The molecule has 0 aromatic heterocycles. The molecule has 0 saturated heterocycles. The standard InChI is InChI=1S/C24H34N2O4S/c1-6-21-9-11-22(12-10-21)30-15-13-25-23(27)8-7-14-26(31(5,28)29)24-19(3)16-18(2)17-20(24)4/h9-12,16-17H,6-8,13-15H2,1-5H3,(H,25,27). The quantitative estimate of drug-likeness (QED) is 0.531. The fraction of sp³-hybridized carbons (Fsp3) is 0.458. The molecule has 0 aliphatic carbocycles. The minimum atomic E-state index is -3.45. The van der Waals surface area contributed by atoms with E-state index in [9.17, 15) is 13.2 Å². The Bertz CT molecular complexity index is 962. The van der Waals surface area contributed by atoms with E-state index in [1.165, 1.54) is 16.1 Å². The van der Waals surface area contributed by atoms with Crippen molar-refractivity contribution in [2.24, 2.45) is 0 Å². The molecule has 0 unspecified atom stereocenters. The van der Waals surface area contributed by atoms with Gasteiger partial charge in [-0.1, -0.05) is 36.8 Å². The van der Waals surface area contributed by atoms with Gasteiger partial charge in [0.1, 0.15) is 12.4 Å². The molecule has 0 heterocycles. The molecule has 0 fully saturated rings. The molecular weight excluding hydrogens is 412 g/mol. The number of benzene rings is 2. The molecule has 0 spiro atoms. The second-order valence-corrected chi connectivity index (χ2v) is 9.79. The highest BCUT2D eigenvalue weighted by Gasteiger charge is 2.21. The average molecular weight is 447 g/mol. The molecule has 2 aromatic carbocycles. The minimum absolute atomic E-state index is 0.115. The van der Waals surface area contributed by atoms with Crippen LogP contribution in [0.25, 0.3) is 0 Å². The highest BCUT2D eigenvalue weighted by molar-refractivity contribution is 7.92. The summed E-state index contributed by atoms with van der Waals surface area (Å²) in [5, 5.41) is 2.83. The number of sulfonamides is 1. The zero-order chi connectivity index (χ0) is 23.0. The minimum Gasteiger partial charge on any atom is -0.492 e. The van der Waals surface area contributed by atoms with E-state index in [4.69, 9.17) is 4.74 Å². The number of hydrogen-bond donors (Lipinski definition) is 1. The topological polar surface area (TPSA) is 75.7 Å². The van der Waals surface area contributed by atoms with Crippen molar-refractivity contribution in [3.8, 4) is 5.75 Å². The second-order valence-electron chi connectivity index (χ2n) is 7.88. The van der Waals surface area contributed by atoms with E-state index in [1.54, 1.807) is 0 Å². The van der Waals surface area contributed by atoms with Gasteiger partial charge >= 0.3 is 0 Å². The van der Waals surface area contributed by atoms with Crippen LogP contribution in [0.15, 0.2) is 36.4 Å². The van der Waals surface area contributed by atoms with Crippen molar-refractivity contribution in [3.63, 3.8) is 0 Å². The Morgan fingerprint density at radius 3 is 2.23 bits per heavy atom. The molecule has 2 aromatic rings. The molecule has 7 heteroatoms. The van der Waals surface area contributed by atoms with Crippen molar-refractivity contribution in [2.75, 3.05) is 30.3 Å². The summed E-state index contributed by atoms with van der Waals surface area (Å²) in [5.41, 5.74) is 4.87. The van der Waals surface area contributed by atoms with Crippen LogP contribution < -0.4 is 14.4 Å². The third-order valence-corrected chi connectivity index (χ3v) is 6.24. The van der Waals surface area contributed by atoms with E-state index in [0.717, 1.165) is 28.9 Å². The van der Waals surface area contributed by atoms with Gasteiger partial charge in [0.2, 0.25) is 15.9 Å². The van der Waals surface area contributed by atoms with Crippen LogP contribution in [0.1, 0.15) is 42.0 Å². The first-order valence-corrected chi connectivity index (χ1v) is 12.5. The van der Waals surface area contributed by atoms with Crippen molar-refractivity contribution >= 4 is 21.6 Å². The third kappa shape index (κ3) is 7.58. The summed E-state index contributed by atoms with van der Waals surface area (Å²) in [6.45, 7) is 8.96. The van der Waals surface area contributed by atoms with Crippen LogP contribution in [-0.4, -0.2) is 40.3 Å². The van der Waals surface area contributed by atoms with E-state index in [2.05, 4.69) is 12.2 Å². The first-order valence-electron chi connectivity index (χ1n) is 10.7. The van der Waals surface area contributed by atoms with Gasteiger partial charge in [0.25, 0.3) is 0 Å². The second kappa shape index (κ2) is 11.2. The van der Waals surface area contributed by atoms with Crippen LogP contribution in [-0.2, 0) is 21.2 Å². The zero-order valence-corrected chi connectivity index (χ0v) is 20.0. The Morgan fingerprint density at radius 1 is 1.06 bits per heavy atom. The maximum absolute atomic E-state index is 12.4. The van der Waals surface area contributed by atoms with Gasteiger partial charge in [0, 0.05) is 13.0 Å². The largest absolute Gasteiger partial charge is 0.492 e. The molecule has 170 valence electrons. The average Bonchev–Trinajstić information content (AvgIpc) is 2.69. The normalized spacial score (nSPS) is 11.3. The number of rotatable bonds is 11. The van der Waals surface area contributed by atoms with E-state index in [1.807, 2.05) is 57.2 Å². The third-order valence-electron chi connectivity index (χ3n) is 5.07. The van der Waals surface area contributed by atoms with Crippen LogP contribution in [0.5, 0.6) is 5.75 Å². The Hall–Kier alpha value is -2.54. The van der Waals surface area contributed by atoms with E-state index >= 15 is 0 Å².